The first-order valence-electron chi connectivity index (χ1n) is 11.3. The molecule has 0 aromatic heterocycles. The Morgan fingerprint density at radius 1 is 1.16 bits per heavy atom. The number of rotatable bonds is 4. The fourth-order valence-corrected chi connectivity index (χ4v) is 7.02. The van der Waals surface area contributed by atoms with Gasteiger partial charge in [0.1, 0.15) is 11.9 Å². The number of ether oxygens (including phenoxy) is 1. The van der Waals surface area contributed by atoms with Gasteiger partial charge in [0.05, 0.1) is 12.8 Å². The Hall–Kier alpha value is -2.76. The molecule has 0 radical (unpaired) electrons. The number of benzene rings is 1. The molecule has 1 unspecified atom stereocenters. The Morgan fingerprint density at radius 2 is 1.87 bits per heavy atom. The number of nitrogens with zero attached hydrogens (tertiary/aromatic N) is 1. The number of halogens is 1. The van der Waals surface area contributed by atoms with Gasteiger partial charge in [0.2, 0.25) is 0 Å². The zero-order valence-electron chi connectivity index (χ0n) is 17.7. The van der Waals surface area contributed by atoms with Crippen LogP contribution >= 0.6 is 0 Å². The summed E-state index contributed by atoms with van der Waals surface area (Å²) in [7, 11) is 1.45. The summed E-state index contributed by atoms with van der Waals surface area (Å²) >= 11 is 0. The van der Waals surface area contributed by atoms with Crippen LogP contribution in [-0.4, -0.2) is 23.5 Å². The van der Waals surface area contributed by atoms with Crippen molar-refractivity contribution in [3.05, 3.63) is 65.4 Å². The van der Waals surface area contributed by atoms with Gasteiger partial charge in [-0.15, -0.1) is 0 Å². The summed E-state index contributed by atoms with van der Waals surface area (Å²) in [5.74, 6) is 2.06. The molecular weight excluding hydrogens is 393 g/mol. The van der Waals surface area contributed by atoms with Gasteiger partial charge >= 0.3 is 0 Å². The molecule has 1 atom stereocenters. The maximum atomic E-state index is 14.4. The van der Waals surface area contributed by atoms with Crippen LogP contribution in [0.25, 0.3) is 0 Å². The van der Waals surface area contributed by atoms with Gasteiger partial charge in [0.15, 0.2) is 11.6 Å². The monoisotopic (exact) mass is 421 g/mol. The second-order valence-corrected chi connectivity index (χ2v) is 9.96. The highest BCUT2D eigenvalue weighted by molar-refractivity contribution is 5.95. The number of hydrogen-bond acceptors (Lipinski definition) is 4. The zero-order chi connectivity index (χ0) is 21.2. The fourth-order valence-electron chi connectivity index (χ4n) is 7.02. The van der Waals surface area contributed by atoms with Crippen molar-refractivity contribution in [1.82, 2.24) is 15.5 Å². The van der Waals surface area contributed by atoms with E-state index in [4.69, 9.17) is 4.74 Å². The maximum absolute atomic E-state index is 14.4. The van der Waals surface area contributed by atoms with E-state index in [0.29, 0.717) is 5.70 Å². The van der Waals surface area contributed by atoms with Gasteiger partial charge in [-0.3, -0.25) is 4.79 Å². The molecule has 6 aliphatic rings. The van der Waals surface area contributed by atoms with Crippen LogP contribution in [0.2, 0.25) is 0 Å². The van der Waals surface area contributed by atoms with E-state index in [1.807, 2.05) is 35.4 Å². The highest BCUT2D eigenvalue weighted by Gasteiger charge is 2.52. The summed E-state index contributed by atoms with van der Waals surface area (Å²) in [6.07, 6.45) is 14.8. The lowest BCUT2D eigenvalue weighted by Crippen LogP contribution is -2.60. The van der Waals surface area contributed by atoms with Crippen LogP contribution in [0.15, 0.2) is 54.0 Å². The molecule has 1 aromatic rings. The average molecular weight is 422 g/mol. The van der Waals surface area contributed by atoms with Crippen LogP contribution in [-0.2, 0) is 4.79 Å². The number of allylic oxidation sites excluding steroid dienone is 3. The van der Waals surface area contributed by atoms with Crippen molar-refractivity contribution in [3.63, 3.8) is 0 Å². The summed E-state index contributed by atoms with van der Waals surface area (Å²) in [6, 6.07) is 4.94. The van der Waals surface area contributed by atoms with Gasteiger partial charge in [0.25, 0.3) is 5.91 Å². The Labute approximate surface area is 182 Å². The maximum Gasteiger partial charge on any atom is 0.270 e. The number of hydrogen-bond donors (Lipinski definition) is 2. The predicted molar refractivity (Wildman–Crippen MR) is 115 cm³/mol. The van der Waals surface area contributed by atoms with Crippen molar-refractivity contribution < 1.29 is 13.9 Å². The van der Waals surface area contributed by atoms with Crippen LogP contribution in [0.4, 0.5) is 4.39 Å². The molecule has 2 N–H and O–H groups in total. The van der Waals surface area contributed by atoms with Gasteiger partial charge < -0.3 is 20.3 Å². The second-order valence-electron chi connectivity index (χ2n) is 9.96. The van der Waals surface area contributed by atoms with E-state index in [1.54, 1.807) is 6.07 Å². The number of carbonyl (C=O) groups excluding carboxylic acids is 1. The smallest absolute Gasteiger partial charge is 0.270 e. The molecule has 4 aliphatic carbocycles. The molecule has 2 aliphatic heterocycles. The third-order valence-electron chi connectivity index (χ3n) is 7.84. The molecule has 2 heterocycles. The molecule has 7 rings (SSSR count). The van der Waals surface area contributed by atoms with Crippen LogP contribution < -0.4 is 15.4 Å². The number of methoxy groups -OCH3 is 1. The van der Waals surface area contributed by atoms with E-state index in [-0.39, 0.29) is 23.4 Å². The normalized spacial score (nSPS) is 34.7. The van der Waals surface area contributed by atoms with E-state index in [0.717, 1.165) is 48.3 Å². The molecule has 162 valence electrons. The third kappa shape index (κ3) is 3.07. The zero-order valence-corrected chi connectivity index (χ0v) is 17.7. The number of carbonyl (C=O) groups is 1. The molecule has 31 heavy (non-hydrogen) atoms. The first-order valence-corrected chi connectivity index (χ1v) is 11.3. The Morgan fingerprint density at radius 3 is 2.52 bits per heavy atom. The predicted octanol–water partition coefficient (Wildman–Crippen LogP) is 4.12. The number of nitrogens with one attached hydrogen (secondary N) is 2. The minimum absolute atomic E-state index is 0.0432. The first kappa shape index (κ1) is 19.0. The van der Waals surface area contributed by atoms with Crippen LogP contribution in [0, 0.1) is 23.6 Å². The molecule has 1 amide bonds. The lowest BCUT2D eigenvalue weighted by atomic mass is 9.53. The van der Waals surface area contributed by atoms with E-state index in [9.17, 15) is 9.18 Å². The quantitative estimate of drug-likeness (QED) is 0.768. The van der Waals surface area contributed by atoms with Gasteiger partial charge in [0, 0.05) is 11.7 Å². The van der Waals surface area contributed by atoms with Crippen molar-refractivity contribution in [2.45, 2.75) is 50.2 Å². The van der Waals surface area contributed by atoms with E-state index in [2.05, 4.69) is 10.6 Å². The minimum Gasteiger partial charge on any atom is -0.494 e. The fraction of sp³-hybridized carbons (Fsp3) is 0.480. The largest absolute Gasteiger partial charge is 0.494 e. The molecule has 0 saturated heterocycles. The highest BCUT2D eigenvalue weighted by atomic mass is 19.1. The summed E-state index contributed by atoms with van der Waals surface area (Å²) < 4.78 is 19.4. The SMILES string of the molecule is COc1ccc(C2NC(C(=O)NC34CC5CC(CC(C5)C3)C4)=C3C=CC=CN32)cc1F. The summed E-state index contributed by atoms with van der Waals surface area (Å²) in [5.41, 5.74) is 2.08. The van der Waals surface area contributed by atoms with Crippen molar-refractivity contribution >= 4 is 5.91 Å². The highest BCUT2D eigenvalue weighted by Crippen LogP contribution is 2.55. The second kappa shape index (κ2) is 6.87. The van der Waals surface area contributed by atoms with Crippen LogP contribution in [0.3, 0.4) is 0 Å². The van der Waals surface area contributed by atoms with E-state index < -0.39 is 5.82 Å². The van der Waals surface area contributed by atoms with Gasteiger partial charge in [-0.05, 0) is 86.1 Å². The van der Waals surface area contributed by atoms with Crippen molar-refractivity contribution in [3.8, 4) is 5.75 Å². The lowest BCUT2D eigenvalue weighted by Gasteiger charge is -2.56. The molecule has 4 saturated carbocycles. The standard InChI is InChI=1S/C25H28FN3O2/c1-31-21-6-5-18(11-19(21)26)23-27-22(20-4-2-3-7-29(20)23)24(30)28-25-12-15-8-16(13-25)10-17(9-15)14-25/h2-7,11,15-17,23,27H,8-10,12-14H2,1H3,(H,28,30). The summed E-state index contributed by atoms with van der Waals surface area (Å²) in [6.45, 7) is 0. The first-order chi connectivity index (χ1) is 15.0. The van der Waals surface area contributed by atoms with Crippen LogP contribution in [0.5, 0.6) is 5.75 Å². The Kier molecular flexibility index (Phi) is 4.20. The average Bonchev–Trinajstić information content (AvgIpc) is 3.12. The number of amides is 1. The summed E-state index contributed by atoms with van der Waals surface area (Å²) in [5, 5.41) is 6.84. The van der Waals surface area contributed by atoms with Crippen molar-refractivity contribution in [1.29, 1.82) is 0 Å². The topological polar surface area (TPSA) is 53.6 Å². The molecule has 5 nitrogen and oxygen atoms in total. The summed E-state index contributed by atoms with van der Waals surface area (Å²) in [4.78, 5) is 15.5. The van der Waals surface area contributed by atoms with Gasteiger partial charge in [-0.2, -0.15) is 0 Å². The molecule has 1 aromatic carbocycles. The number of fused-ring (bicyclic) bond motifs is 1. The van der Waals surface area contributed by atoms with E-state index in [1.165, 1.54) is 32.4 Å². The van der Waals surface area contributed by atoms with E-state index >= 15 is 0 Å². The minimum atomic E-state index is -0.411. The Bertz CT molecular complexity index is 992. The van der Waals surface area contributed by atoms with Gasteiger partial charge in [-0.1, -0.05) is 12.1 Å². The molecule has 4 fully saturated rings. The van der Waals surface area contributed by atoms with Crippen molar-refractivity contribution in [2.75, 3.05) is 7.11 Å². The molecule has 0 spiro atoms. The molecule has 4 bridgehead atoms. The Balaban J connectivity index is 1.27. The lowest BCUT2D eigenvalue weighted by molar-refractivity contribution is -0.123. The van der Waals surface area contributed by atoms with Gasteiger partial charge in [-0.25, -0.2) is 4.39 Å². The molecular formula is C25H28FN3O2. The van der Waals surface area contributed by atoms with Crippen molar-refractivity contribution in [2.24, 2.45) is 17.8 Å². The molecule has 6 heteroatoms. The third-order valence-corrected chi connectivity index (χ3v) is 7.84. The van der Waals surface area contributed by atoms with Crippen LogP contribution in [0.1, 0.15) is 50.3 Å².